The summed E-state index contributed by atoms with van der Waals surface area (Å²) in [6.07, 6.45) is 0.168. The van der Waals surface area contributed by atoms with E-state index in [1.54, 1.807) is 30.3 Å². The highest BCUT2D eigenvalue weighted by Gasteiger charge is 2.56. The molecule has 1 aliphatic rings. The van der Waals surface area contributed by atoms with E-state index in [9.17, 15) is 13.6 Å². The molecule has 1 fully saturated rings. The van der Waals surface area contributed by atoms with Crippen LogP contribution in [0.5, 0.6) is 0 Å². The summed E-state index contributed by atoms with van der Waals surface area (Å²) < 4.78 is 29.9. The minimum absolute atomic E-state index is 0.0635. The van der Waals surface area contributed by atoms with Gasteiger partial charge >= 0.3 is 5.97 Å². The van der Waals surface area contributed by atoms with Crippen LogP contribution in [0.3, 0.4) is 0 Å². The Kier molecular flexibility index (Phi) is 2.90. The minimum atomic E-state index is -2.53. The molecule has 2 nitrogen and oxygen atoms in total. The molecule has 0 aromatic heterocycles. The lowest BCUT2D eigenvalue weighted by Gasteiger charge is -2.03. The van der Waals surface area contributed by atoms with Crippen molar-refractivity contribution in [2.75, 3.05) is 6.61 Å². The number of carbonyl (C=O) groups is 1. The average molecular weight is 226 g/mol. The van der Waals surface area contributed by atoms with Crippen molar-refractivity contribution >= 4 is 5.97 Å². The number of alkyl halides is 2. The summed E-state index contributed by atoms with van der Waals surface area (Å²) in [4.78, 5) is 11.4. The molecule has 0 saturated heterocycles. The van der Waals surface area contributed by atoms with Crippen LogP contribution in [0, 0.1) is 5.92 Å². The Morgan fingerprint density at radius 2 is 2.00 bits per heavy atom. The highest BCUT2D eigenvalue weighted by Crippen LogP contribution is 2.50. The molecule has 0 aliphatic heterocycles. The lowest BCUT2D eigenvalue weighted by atomic mass is 10.2. The van der Waals surface area contributed by atoms with Gasteiger partial charge in [0.1, 0.15) is 0 Å². The van der Waals surface area contributed by atoms with Crippen molar-refractivity contribution in [3.05, 3.63) is 35.9 Å². The van der Waals surface area contributed by atoms with E-state index in [0.717, 1.165) is 0 Å². The second-order valence-corrected chi connectivity index (χ2v) is 3.95. The van der Waals surface area contributed by atoms with E-state index < -0.39 is 17.8 Å². The molecule has 1 aliphatic carbocycles. The predicted octanol–water partition coefficient (Wildman–Crippen LogP) is 2.89. The fourth-order valence-corrected chi connectivity index (χ4v) is 1.53. The third kappa shape index (κ3) is 2.56. The smallest absolute Gasteiger partial charge is 0.338 e. The molecule has 0 radical (unpaired) electrons. The molecular formula is C12H12F2O2. The molecule has 1 aromatic carbocycles. The normalized spacial score (nSPS) is 21.5. The topological polar surface area (TPSA) is 26.3 Å². The van der Waals surface area contributed by atoms with Gasteiger partial charge in [0.05, 0.1) is 12.2 Å². The highest BCUT2D eigenvalue weighted by molar-refractivity contribution is 5.89. The van der Waals surface area contributed by atoms with Crippen molar-refractivity contribution in [2.24, 2.45) is 5.92 Å². The van der Waals surface area contributed by atoms with Crippen LogP contribution in [0.25, 0.3) is 0 Å². The van der Waals surface area contributed by atoms with Gasteiger partial charge in [0.2, 0.25) is 0 Å². The maximum Gasteiger partial charge on any atom is 0.338 e. The van der Waals surface area contributed by atoms with Gasteiger partial charge < -0.3 is 4.74 Å². The molecule has 4 heteroatoms. The molecule has 1 saturated carbocycles. The second kappa shape index (κ2) is 4.20. The fraction of sp³-hybridized carbons (Fsp3) is 0.417. The lowest BCUT2D eigenvalue weighted by molar-refractivity contribution is 0.0452. The van der Waals surface area contributed by atoms with Crippen LogP contribution in [0.15, 0.2) is 30.3 Å². The van der Waals surface area contributed by atoms with E-state index in [1.165, 1.54) is 0 Å². The first-order valence-corrected chi connectivity index (χ1v) is 5.19. The van der Waals surface area contributed by atoms with Crippen LogP contribution >= 0.6 is 0 Å². The van der Waals surface area contributed by atoms with E-state index in [1.807, 2.05) is 0 Å². The minimum Gasteiger partial charge on any atom is -0.462 e. The average Bonchev–Trinajstić information content (AvgIpc) is 2.87. The van der Waals surface area contributed by atoms with Gasteiger partial charge in [0.25, 0.3) is 5.92 Å². The number of carbonyl (C=O) groups excluding carboxylic acids is 1. The molecular weight excluding hydrogens is 214 g/mol. The van der Waals surface area contributed by atoms with Crippen molar-refractivity contribution in [3.8, 4) is 0 Å². The molecule has 1 aromatic rings. The van der Waals surface area contributed by atoms with E-state index in [4.69, 9.17) is 4.74 Å². The summed E-state index contributed by atoms with van der Waals surface area (Å²) >= 11 is 0. The fourth-order valence-electron chi connectivity index (χ4n) is 1.53. The first-order valence-electron chi connectivity index (χ1n) is 5.19. The maximum absolute atomic E-state index is 12.5. The first kappa shape index (κ1) is 11.0. The summed E-state index contributed by atoms with van der Waals surface area (Å²) in [7, 11) is 0. The Morgan fingerprint density at radius 3 is 2.56 bits per heavy atom. The van der Waals surface area contributed by atoms with Crippen molar-refractivity contribution < 1.29 is 18.3 Å². The molecule has 0 N–H and O–H groups in total. The third-order valence-corrected chi connectivity index (χ3v) is 2.66. The number of benzene rings is 1. The summed E-state index contributed by atoms with van der Waals surface area (Å²) in [6, 6.07) is 8.51. The Morgan fingerprint density at radius 1 is 1.38 bits per heavy atom. The van der Waals surface area contributed by atoms with Crippen molar-refractivity contribution in [2.45, 2.75) is 18.8 Å². The molecule has 86 valence electrons. The standard InChI is InChI=1S/C12H12F2O2/c13-12(14)8-10(12)6-7-16-11(15)9-4-2-1-3-5-9/h1-5,10H,6-8H2/t10-/m0/s1. The summed E-state index contributed by atoms with van der Waals surface area (Å²) in [5, 5.41) is 0. The Labute approximate surface area is 92.2 Å². The van der Waals surface area contributed by atoms with Crippen molar-refractivity contribution in [1.82, 2.24) is 0 Å². The van der Waals surface area contributed by atoms with Gasteiger partial charge in [-0.25, -0.2) is 13.6 Å². The van der Waals surface area contributed by atoms with E-state index in [-0.39, 0.29) is 19.4 Å². The largest absolute Gasteiger partial charge is 0.462 e. The molecule has 0 unspecified atom stereocenters. The SMILES string of the molecule is O=C(OCC[C@H]1CC1(F)F)c1ccccc1. The van der Waals surface area contributed by atoms with Gasteiger partial charge in [-0.15, -0.1) is 0 Å². The van der Waals surface area contributed by atoms with Gasteiger partial charge in [-0.05, 0) is 18.6 Å². The van der Waals surface area contributed by atoms with Crippen molar-refractivity contribution in [1.29, 1.82) is 0 Å². The van der Waals surface area contributed by atoms with Gasteiger partial charge in [-0.2, -0.15) is 0 Å². The van der Waals surface area contributed by atoms with Crippen LogP contribution in [0.2, 0.25) is 0 Å². The molecule has 2 rings (SSSR count). The maximum atomic E-state index is 12.5. The van der Waals surface area contributed by atoms with Crippen LogP contribution < -0.4 is 0 Å². The Balaban J connectivity index is 1.73. The highest BCUT2D eigenvalue weighted by atomic mass is 19.3. The number of halogens is 2. The first-order chi connectivity index (χ1) is 7.59. The lowest BCUT2D eigenvalue weighted by Crippen LogP contribution is -2.07. The zero-order chi connectivity index (χ0) is 11.6. The number of hydrogen-bond acceptors (Lipinski definition) is 2. The molecule has 0 spiro atoms. The quantitative estimate of drug-likeness (QED) is 0.738. The summed E-state index contributed by atoms with van der Waals surface area (Å²) in [6.45, 7) is 0.0635. The monoisotopic (exact) mass is 226 g/mol. The third-order valence-electron chi connectivity index (χ3n) is 2.66. The number of esters is 1. The van der Waals surface area contributed by atoms with E-state index in [0.29, 0.717) is 5.56 Å². The molecule has 0 bridgehead atoms. The van der Waals surface area contributed by atoms with E-state index in [2.05, 4.69) is 0 Å². The molecule has 0 heterocycles. The number of hydrogen-bond donors (Lipinski definition) is 0. The predicted molar refractivity (Wildman–Crippen MR) is 54.4 cm³/mol. The summed E-state index contributed by atoms with van der Waals surface area (Å²) in [5.41, 5.74) is 0.449. The Hall–Kier alpha value is -1.45. The Bertz CT molecular complexity index is 376. The van der Waals surface area contributed by atoms with Crippen LogP contribution in [0.1, 0.15) is 23.2 Å². The molecule has 1 atom stereocenters. The zero-order valence-corrected chi connectivity index (χ0v) is 8.66. The van der Waals surface area contributed by atoms with Crippen LogP contribution in [-0.2, 0) is 4.74 Å². The summed E-state index contributed by atoms with van der Waals surface area (Å²) in [5.74, 6) is -3.58. The van der Waals surface area contributed by atoms with Gasteiger partial charge in [0, 0.05) is 12.3 Å². The molecule has 0 amide bonds. The van der Waals surface area contributed by atoms with Crippen LogP contribution in [0.4, 0.5) is 8.78 Å². The second-order valence-electron chi connectivity index (χ2n) is 3.95. The number of ether oxygens (including phenoxy) is 1. The van der Waals surface area contributed by atoms with E-state index >= 15 is 0 Å². The molecule has 16 heavy (non-hydrogen) atoms. The zero-order valence-electron chi connectivity index (χ0n) is 8.66. The van der Waals surface area contributed by atoms with Gasteiger partial charge in [-0.3, -0.25) is 0 Å². The van der Waals surface area contributed by atoms with Gasteiger partial charge in [0.15, 0.2) is 0 Å². The van der Waals surface area contributed by atoms with Crippen LogP contribution in [-0.4, -0.2) is 18.5 Å². The van der Waals surface area contributed by atoms with Crippen molar-refractivity contribution in [3.63, 3.8) is 0 Å². The van der Waals surface area contributed by atoms with Gasteiger partial charge in [-0.1, -0.05) is 18.2 Å². The number of rotatable bonds is 4.